The van der Waals surface area contributed by atoms with Gasteiger partial charge in [-0.1, -0.05) is 0 Å². The van der Waals surface area contributed by atoms with Crippen molar-refractivity contribution in [1.82, 2.24) is 5.32 Å². The molecule has 1 aliphatic heterocycles. The van der Waals surface area contributed by atoms with Gasteiger partial charge < -0.3 is 15.0 Å². The van der Waals surface area contributed by atoms with Gasteiger partial charge in [0.25, 0.3) is 5.91 Å². The number of carbonyl (C=O) groups excluding carboxylic acids is 1. The average molecular weight is 341 g/mol. The molecule has 0 saturated carbocycles. The van der Waals surface area contributed by atoms with Crippen molar-refractivity contribution in [2.45, 2.75) is 18.9 Å². The van der Waals surface area contributed by atoms with Gasteiger partial charge in [-0.15, -0.1) is 11.3 Å². The Labute approximate surface area is 145 Å². The van der Waals surface area contributed by atoms with Gasteiger partial charge in [0, 0.05) is 24.8 Å². The lowest BCUT2D eigenvalue weighted by molar-refractivity contribution is 0.0932. The number of thiophene rings is 1. The molecule has 0 aliphatic carbocycles. The highest BCUT2D eigenvalue weighted by Crippen LogP contribution is 2.25. The summed E-state index contributed by atoms with van der Waals surface area (Å²) in [5.74, 6) is 0.575. The summed E-state index contributed by atoms with van der Waals surface area (Å²) in [6.45, 7) is 1.77. The van der Waals surface area contributed by atoms with Gasteiger partial charge in [0.1, 0.15) is 10.6 Å². The summed E-state index contributed by atoms with van der Waals surface area (Å²) < 4.78 is 5.21. The maximum absolute atomic E-state index is 12.4. The number of hydrogen-bond donors (Lipinski definition) is 1. The molecule has 0 spiro atoms. The molecule has 5 nitrogen and oxygen atoms in total. The van der Waals surface area contributed by atoms with Crippen molar-refractivity contribution >= 4 is 22.9 Å². The Morgan fingerprint density at radius 3 is 2.62 bits per heavy atom. The zero-order valence-electron chi connectivity index (χ0n) is 13.5. The third-order valence-corrected chi connectivity index (χ3v) is 5.14. The summed E-state index contributed by atoms with van der Waals surface area (Å²) in [7, 11) is 1.58. The number of nitrogens with one attached hydrogen (secondary N) is 1. The predicted molar refractivity (Wildman–Crippen MR) is 94.7 cm³/mol. The topological polar surface area (TPSA) is 65.4 Å². The number of benzene rings is 1. The number of methoxy groups -OCH3 is 1. The number of anilines is 1. The zero-order chi connectivity index (χ0) is 16.9. The van der Waals surface area contributed by atoms with E-state index in [1.807, 2.05) is 35.7 Å². The number of hydrogen-bond acceptors (Lipinski definition) is 5. The maximum atomic E-state index is 12.4. The normalized spacial score (nSPS) is 14.9. The number of amides is 1. The van der Waals surface area contributed by atoms with Crippen molar-refractivity contribution in [2.24, 2.45) is 0 Å². The van der Waals surface area contributed by atoms with Crippen LogP contribution in [0.5, 0.6) is 5.75 Å². The third-order valence-electron chi connectivity index (χ3n) is 4.25. The Morgan fingerprint density at radius 1 is 1.29 bits per heavy atom. The minimum Gasteiger partial charge on any atom is -0.495 e. The highest BCUT2D eigenvalue weighted by molar-refractivity contribution is 7.12. The van der Waals surface area contributed by atoms with E-state index in [4.69, 9.17) is 10.00 Å². The van der Waals surface area contributed by atoms with Crippen LogP contribution in [0.3, 0.4) is 0 Å². The summed E-state index contributed by atoms with van der Waals surface area (Å²) in [4.78, 5) is 15.3. The van der Waals surface area contributed by atoms with Gasteiger partial charge >= 0.3 is 0 Å². The molecule has 124 valence electrons. The molecular formula is C18H19N3O2S. The van der Waals surface area contributed by atoms with Crippen molar-refractivity contribution in [3.05, 3.63) is 46.2 Å². The van der Waals surface area contributed by atoms with Crippen molar-refractivity contribution < 1.29 is 9.53 Å². The largest absolute Gasteiger partial charge is 0.495 e. The van der Waals surface area contributed by atoms with Crippen molar-refractivity contribution in [1.29, 1.82) is 5.26 Å². The van der Waals surface area contributed by atoms with Gasteiger partial charge in [-0.3, -0.25) is 4.79 Å². The molecule has 1 aliphatic rings. The van der Waals surface area contributed by atoms with Gasteiger partial charge in [-0.2, -0.15) is 5.26 Å². The predicted octanol–water partition coefficient (Wildman–Crippen LogP) is 3.03. The van der Waals surface area contributed by atoms with Crippen LogP contribution in [0.2, 0.25) is 0 Å². The molecule has 1 amide bonds. The van der Waals surface area contributed by atoms with Gasteiger partial charge in [0.15, 0.2) is 0 Å². The number of nitriles is 1. The van der Waals surface area contributed by atoms with Crippen LogP contribution in [0, 0.1) is 11.3 Å². The minimum absolute atomic E-state index is 0.0568. The summed E-state index contributed by atoms with van der Waals surface area (Å²) in [5, 5.41) is 13.8. The molecule has 1 aromatic heterocycles. The second kappa shape index (κ2) is 7.37. The molecule has 2 heterocycles. The highest BCUT2D eigenvalue weighted by Gasteiger charge is 2.23. The Balaban J connectivity index is 1.55. The van der Waals surface area contributed by atoms with Crippen molar-refractivity contribution in [2.75, 3.05) is 25.1 Å². The van der Waals surface area contributed by atoms with Crippen LogP contribution < -0.4 is 15.0 Å². The minimum atomic E-state index is -0.0568. The van der Waals surface area contributed by atoms with E-state index in [0.29, 0.717) is 16.2 Å². The number of carbonyl (C=O) groups is 1. The van der Waals surface area contributed by atoms with E-state index in [9.17, 15) is 4.79 Å². The van der Waals surface area contributed by atoms with Crippen LogP contribution in [0.15, 0.2) is 35.7 Å². The van der Waals surface area contributed by atoms with E-state index in [1.165, 1.54) is 11.3 Å². The van der Waals surface area contributed by atoms with E-state index >= 15 is 0 Å². The monoisotopic (exact) mass is 341 g/mol. The van der Waals surface area contributed by atoms with E-state index in [0.717, 1.165) is 31.6 Å². The van der Waals surface area contributed by atoms with E-state index in [1.54, 1.807) is 7.11 Å². The first-order chi connectivity index (χ1) is 11.7. The highest BCUT2D eigenvalue weighted by atomic mass is 32.1. The maximum Gasteiger partial charge on any atom is 0.265 e. The Bertz CT molecular complexity index is 740. The fourth-order valence-corrected chi connectivity index (χ4v) is 3.66. The van der Waals surface area contributed by atoms with Gasteiger partial charge in [-0.25, -0.2) is 0 Å². The summed E-state index contributed by atoms with van der Waals surface area (Å²) in [6, 6.07) is 11.8. The van der Waals surface area contributed by atoms with Gasteiger partial charge in [0.2, 0.25) is 0 Å². The first kappa shape index (κ1) is 16.3. The Hall–Kier alpha value is -2.52. The SMILES string of the molecule is COc1ccsc1C(=O)NC1CCN(c2ccc(C#N)cc2)CC1. The van der Waals surface area contributed by atoms with Crippen LogP contribution in [-0.4, -0.2) is 32.1 Å². The molecule has 6 heteroatoms. The molecule has 0 unspecified atom stereocenters. The Morgan fingerprint density at radius 2 is 2.00 bits per heavy atom. The number of rotatable bonds is 4. The second-order valence-corrected chi connectivity index (χ2v) is 6.63. The number of piperidine rings is 1. The zero-order valence-corrected chi connectivity index (χ0v) is 14.3. The second-order valence-electron chi connectivity index (χ2n) is 5.71. The molecule has 1 saturated heterocycles. The number of ether oxygens (including phenoxy) is 1. The molecule has 0 radical (unpaired) electrons. The molecule has 0 atom stereocenters. The summed E-state index contributed by atoms with van der Waals surface area (Å²) in [6.07, 6.45) is 1.80. The van der Waals surface area contributed by atoms with E-state index < -0.39 is 0 Å². The molecule has 1 fully saturated rings. The quantitative estimate of drug-likeness (QED) is 0.928. The molecule has 1 aromatic carbocycles. The van der Waals surface area contributed by atoms with Gasteiger partial charge in [0.05, 0.1) is 18.7 Å². The van der Waals surface area contributed by atoms with Crippen LogP contribution in [-0.2, 0) is 0 Å². The van der Waals surface area contributed by atoms with Crippen LogP contribution in [0.4, 0.5) is 5.69 Å². The lowest BCUT2D eigenvalue weighted by Gasteiger charge is -2.34. The molecule has 2 aromatic rings. The van der Waals surface area contributed by atoms with E-state index in [-0.39, 0.29) is 11.9 Å². The molecular weight excluding hydrogens is 322 g/mol. The van der Waals surface area contributed by atoms with Crippen molar-refractivity contribution in [3.8, 4) is 11.8 Å². The Kier molecular flexibility index (Phi) is 5.02. The standard InChI is InChI=1S/C18H19N3O2S/c1-23-16-8-11-24-17(16)18(22)20-14-6-9-21(10-7-14)15-4-2-13(12-19)3-5-15/h2-5,8,11,14H,6-7,9-10H2,1H3,(H,20,22). The summed E-state index contributed by atoms with van der Waals surface area (Å²) in [5.41, 5.74) is 1.80. The first-order valence-electron chi connectivity index (χ1n) is 7.88. The van der Waals surface area contributed by atoms with Crippen molar-refractivity contribution in [3.63, 3.8) is 0 Å². The summed E-state index contributed by atoms with van der Waals surface area (Å²) >= 11 is 1.40. The fraction of sp³-hybridized carbons (Fsp3) is 0.333. The molecule has 24 heavy (non-hydrogen) atoms. The van der Waals surface area contributed by atoms with Crippen LogP contribution >= 0.6 is 11.3 Å². The molecule has 0 bridgehead atoms. The van der Waals surface area contributed by atoms with Gasteiger partial charge in [-0.05, 0) is 48.6 Å². The molecule has 3 rings (SSSR count). The van der Waals surface area contributed by atoms with Crippen LogP contribution in [0.1, 0.15) is 28.1 Å². The smallest absolute Gasteiger partial charge is 0.265 e. The first-order valence-corrected chi connectivity index (χ1v) is 8.76. The average Bonchev–Trinajstić information content (AvgIpc) is 3.11. The lowest BCUT2D eigenvalue weighted by Crippen LogP contribution is -2.44. The number of nitrogens with zero attached hydrogens (tertiary/aromatic N) is 2. The van der Waals surface area contributed by atoms with E-state index in [2.05, 4.69) is 16.3 Å². The van der Waals surface area contributed by atoms with Crippen LogP contribution in [0.25, 0.3) is 0 Å². The molecule has 1 N–H and O–H groups in total. The lowest BCUT2D eigenvalue weighted by atomic mass is 10.0. The third kappa shape index (κ3) is 3.52. The fourth-order valence-electron chi connectivity index (χ4n) is 2.90.